The number of hydrogen-bond donors (Lipinski definition) is 1. The van der Waals surface area contributed by atoms with Crippen LogP contribution in [0, 0.1) is 10.1 Å². The summed E-state index contributed by atoms with van der Waals surface area (Å²) in [5, 5.41) is 20.9. The lowest BCUT2D eigenvalue weighted by molar-refractivity contribution is -0.384. The molecule has 0 saturated heterocycles. The lowest BCUT2D eigenvalue weighted by atomic mass is 10.1. The number of allylic oxidation sites excluding steroid dienone is 1. The normalized spacial score (nSPS) is 17.8. The van der Waals surface area contributed by atoms with Gasteiger partial charge in [-0.15, -0.1) is 0 Å². The molecule has 0 fully saturated rings. The summed E-state index contributed by atoms with van der Waals surface area (Å²) in [7, 11) is 1.63. The van der Waals surface area contributed by atoms with Gasteiger partial charge in [0.05, 0.1) is 10.6 Å². The topological polar surface area (TPSA) is 105 Å². The van der Waals surface area contributed by atoms with Crippen molar-refractivity contribution in [3.05, 3.63) is 51.4 Å². The minimum atomic E-state index is -1.11. The molecule has 8 nitrogen and oxygen atoms in total. The Morgan fingerprint density at radius 1 is 1.43 bits per heavy atom. The number of hydrogen-bond acceptors (Lipinski definition) is 7. The van der Waals surface area contributed by atoms with Crippen LogP contribution in [0.4, 0.5) is 5.69 Å². The van der Waals surface area contributed by atoms with Crippen LogP contribution in [0.3, 0.4) is 0 Å². The van der Waals surface area contributed by atoms with Gasteiger partial charge in [-0.05, 0) is 12.5 Å². The number of nitro groups is 1. The van der Waals surface area contributed by atoms with Gasteiger partial charge in [0, 0.05) is 32.5 Å². The lowest BCUT2D eigenvalue weighted by Crippen LogP contribution is -2.43. The van der Waals surface area contributed by atoms with E-state index in [0.717, 1.165) is 5.56 Å². The molecule has 0 radical (unpaired) electrons. The van der Waals surface area contributed by atoms with Crippen LogP contribution in [-0.4, -0.2) is 40.0 Å². The summed E-state index contributed by atoms with van der Waals surface area (Å²) in [6.45, 7) is 2.90. The highest BCUT2D eigenvalue weighted by Gasteiger charge is 2.29. The van der Waals surface area contributed by atoms with E-state index in [4.69, 9.17) is 4.74 Å². The molecule has 0 aliphatic carbocycles. The average Bonchev–Trinajstić information content (AvgIpc) is 2.49. The highest BCUT2D eigenvalue weighted by Crippen LogP contribution is 2.23. The zero-order valence-corrected chi connectivity index (χ0v) is 13.0. The Labute approximate surface area is 132 Å². The minimum absolute atomic E-state index is 0.0148. The molecular weight excluding hydrogens is 302 g/mol. The first-order chi connectivity index (χ1) is 10.8. The third kappa shape index (κ3) is 3.72. The number of carbonyl (C=O) groups excluding carboxylic acids is 1. The Balaban J connectivity index is 2.23. The van der Waals surface area contributed by atoms with Crippen LogP contribution in [0.2, 0.25) is 0 Å². The van der Waals surface area contributed by atoms with Gasteiger partial charge >= 0.3 is 5.97 Å². The van der Waals surface area contributed by atoms with Crippen molar-refractivity contribution in [2.24, 2.45) is 4.99 Å². The van der Waals surface area contributed by atoms with Gasteiger partial charge in [-0.25, -0.2) is 4.99 Å². The zero-order chi connectivity index (χ0) is 17.1. The molecule has 8 heteroatoms. The van der Waals surface area contributed by atoms with Crippen molar-refractivity contribution in [2.75, 3.05) is 7.05 Å². The van der Waals surface area contributed by atoms with E-state index in [1.54, 1.807) is 26.1 Å². The number of amidine groups is 1. The van der Waals surface area contributed by atoms with Gasteiger partial charge < -0.3 is 14.7 Å². The van der Waals surface area contributed by atoms with Crippen LogP contribution < -0.4 is 0 Å². The molecule has 1 aliphatic rings. The maximum Gasteiger partial charge on any atom is 0.307 e. The summed E-state index contributed by atoms with van der Waals surface area (Å²) in [5.74, 6) is 0.146. The average molecular weight is 319 g/mol. The van der Waals surface area contributed by atoms with Gasteiger partial charge in [0.15, 0.2) is 12.0 Å². The Kier molecular flexibility index (Phi) is 4.75. The summed E-state index contributed by atoms with van der Waals surface area (Å²) < 4.78 is 4.99. The van der Waals surface area contributed by atoms with Gasteiger partial charge in [0.1, 0.15) is 5.84 Å². The number of esters is 1. The fraction of sp³-hybridized carbons (Fsp3) is 0.333. The maximum atomic E-state index is 11.1. The van der Waals surface area contributed by atoms with E-state index in [1.165, 1.54) is 24.0 Å². The van der Waals surface area contributed by atoms with Crippen LogP contribution in [0.15, 0.2) is 40.7 Å². The molecule has 1 aromatic rings. The number of likely N-dealkylation sites (N-methyl/N-ethyl adjacent to an activating group) is 1. The largest absolute Gasteiger partial charge is 0.424 e. The van der Waals surface area contributed by atoms with Crippen molar-refractivity contribution in [1.82, 2.24) is 4.90 Å². The molecular formula is C15H17N3O5. The zero-order valence-electron chi connectivity index (χ0n) is 13.0. The van der Waals surface area contributed by atoms with Crippen molar-refractivity contribution < 1.29 is 19.6 Å². The van der Waals surface area contributed by atoms with Gasteiger partial charge in [-0.3, -0.25) is 14.9 Å². The summed E-state index contributed by atoms with van der Waals surface area (Å²) in [6, 6.07) is 6.12. The summed E-state index contributed by atoms with van der Waals surface area (Å²) >= 11 is 0. The van der Waals surface area contributed by atoms with E-state index in [1.807, 2.05) is 0 Å². The number of aliphatic hydroxyl groups excluding tert-OH is 1. The molecule has 1 atom stereocenters. The number of nitro benzene ring substituents is 1. The molecule has 0 spiro atoms. The van der Waals surface area contributed by atoms with Crippen molar-refractivity contribution in [2.45, 2.75) is 26.5 Å². The Morgan fingerprint density at radius 2 is 2.04 bits per heavy atom. The quantitative estimate of drug-likeness (QED) is 0.513. The minimum Gasteiger partial charge on any atom is -0.424 e. The summed E-state index contributed by atoms with van der Waals surface area (Å²) in [6.07, 6.45) is -0.722. The molecule has 0 saturated carbocycles. The fourth-order valence-corrected chi connectivity index (χ4v) is 2.20. The molecule has 2 rings (SSSR count). The van der Waals surface area contributed by atoms with E-state index in [-0.39, 0.29) is 11.4 Å². The number of aliphatic hydroxyl groups is 1. The van der Waals surface area contributed by atoms with Crippen LogP contribution in [0.25, 0.3) is 0 Å². The Morgan fingerprint density at radius 3 is 2.57 bits per heavy atom. The van der Waals surface area contributed by atoms with E-state index in [9.17, 15) is 20.0 Å². The first-order valence-corrected chi connectivity index (χ1v) is 6.90. The van der Waals surface area contributed by atoms with E-state index in [2.05, 4.69) is 4.99 Å². The van der Waals surface area contributed by atoms with Gasteiger partial charge in [-0.2, -0.15) is 0 Å². The maximum absolute atomic E-state index is 11.1. The predicted molar refractivity (Wildman–Crippen MR) is 82.5 cm³/mol. The molecule has 122 valence electrons. The molecule has 1 unspecified atom stereocenters. The third-order valence-corrected chi connectivity index (χ3v) is 3.42. The molecule has 0 bridgehead atoms. The van der Waals surface area contributed by atoms with Crippen LogP contribution >= 0.6 is 0 Å². The first-order valence-electron chi connectivity index (χ1n) is 6.90. The monoisotopic (exact) mass is 319 g/mol. The Bertz CT molecular complexity index is 694. The highest BCUT2D eigenvalue weighted by atomic mass is 16.6. The second-order valence-corrected chi connectivity index (χ2v) is 5.16. The van der Waals surface area contributed by atoms with Crippen LogP contribution in [-0.2, 0) is 16.0 Å². The predicted octanol–water partition coefficient (Wildman–Crippen LogP) is 1.59. The van der Waals surface area contributed by atoms with E-state index in [0.29, 0.717) is 18.0 Å². The number of non-ortho nitro benzene ring substituents is 1. The number of carbonyl (C=O) groups is 1. The molecule has 1 heterocycles. The van der Waals surface area contributed by atoms with Crippen molar-refractivity contribution in [1.29, 1.82) is 0 Å². The lowest BCUT2D eigenvalue weighted by Gasteiger charge is -2.32. The molecule has 23 heavy (non-hydrogen) atoms. The number of aliphatic imine (C=N–C) groups is 1. The van der Waals surface area contributed by atoms with E-state index >= 15 is 0 Å². The van der Waals surface area contributed by atoms with Crippen molar-refractivity contribution >= 4 is 17.5 Å². The number of rotatable bonds is 4. The second-order valence-electron chi connectivity index (χ2n) is 5.16. The molecule has 1 aliphatic heterocycles. The molecule has 1 N–H and O–H groups in total. The van der Waals surface area contributed by atoms with Gasteiger partial charge in [-0.1, -0.05) is 12.1 Å². The third-order valence-electron chi connectivity index (χ3n) is 3.42. The summed E-state index contributed by atoms with van der Waals surface area (Å²) in [4.78, 5) is 27.1. The van der Waals surface area contributed by atoms with Gasteiger partial charge in [0.2, 0.25) is 0 Å². The molecule has 1 aromatic carbocycles. The Hall–Kier alpha value is -2.74. The number of ether oxygens (including phenoxy) is 1. The van der Waals surface area contributed by atoms with Crippen LogP contribution in [0.1, 0.15) is 19.4 Å². The van der Waals surface area contributed by atoms with E-state index < -0.39 is 17.1 Å². The fourth-order valence-electron chi connectivity index (χ4n) is 2.20. The highest BCUT2D eigenvalue weighted by molar-refractivity contribution is 5.86. The molecule has 0 amide bonds. The standard InChI is InChI=1S/C15H17N3O5/c1-9-14(23-10(2)19)15(20)17(3)13(16-9)8-11-4-6-12(7-5-11)18(21)22/h4-7,15,20H,8H2,1-3H3. The molecule has 0 aromatic heterocycles. The van der Waals surface area contributed by atoms with Gasteiger partial charge in [0.25, 0.3) is 5.69 Å². The number of nitrogens with zero attached hydrogens (tertiary/aromatic N) is 3. The number of benzene rings is 1. The van der Waals surface area contributed by atoms with Crippen molar-refractivity contribution in [3.8, 4) is 0 Å². The van der Waals surface area contributed by atoms with Crippen LogP contribution in [0.5, 0.6) is 0 Å². The SMILES string of the molecule is CC(=O)OC1=C(C)N=C(Cc2ccc([N+](=O)[O-])cc2)N(C)C1O. The smallest absolute Gasteiger partial charge is 0.307 e. The second kappa shape index (κ2) is 6.57. The first kappa shape index (κ1) is 16.6. The summed E-state index contributed by atoms with van der Waals surface area (Å²) in [5.41, 5.74) is 1.25. The van der Waals surface area contributed by atoms with Crippen molar-refractivity contribution in [3.63, 3.8) is 0 Å².